The van der Waals surface area contributed by atoms with Gasteiger partial charge >= 0.3 is 6.09 Å². The van der Waals surface area contributed by atoms with Crippen molar-refractivity contribution in [3.05, 3.63) is 78.1 Å². The highest BCUT2D eigenvalue weighted by molar-refractivity contribution is 5.95. The summed E-state index contributed by atoms with van der Waals surface area (Å²) >= 11 is 0. The number of aromatic amines is 1. The summed E-state index contributed by atoms with van der Waals surface area (Å²) in [5.41, 5.74) is 6.56. The Bertz CT molecular complexity index is 1940. The molecule has 1 saturated carbocycles. The number of nitrogens with one attached hydrogen (secondary N) is 4. The number of imidazole rings is 1. The number of carbonyl (C=O) groups excluding carboxylic acids is 4. The van der Waals surface area contributed by atoms with Crippen LogP contribution in [0.3, 0.4) is 0 Å². The van der Waals surface area contributed by atoms with Crippen LogP contribution in [-0.4, -0.2) is 70.5 Å². The zero-order valence-corrected chi connectivity index (χ0v) is 31.6. The van der Waals surface area contributed by atoms with E-state index in [1.807, 2.05) is 56.0 Å². The summed E-state index contributed by atoms with van der Waals surface area (Å²) in [6, 6.07) is 20.9. The average molecular weight is 721 g/mol. The van der Waals surface area contributed by atoms with Gasteiger partial charge in [-0.25, -0.2) is 9.78 Å². The van der Waals surface area contributed by atoms with Gasteiger partial charge in [0.2, 0.25) is 11.8 Å². The van der Waals surface area contributed by atoms with E-state index in [1.165, 1.54) is 7.11 Å². The number of alkyl carbamates (subject to hydrolysis) is 1. The van der Waals surface area contributed by atoms with Gasteiger partial charge in [0.15, 0.2) is 0 Å². The van der Waals surface area contributed by atoms with Crippen LogP contribution in [0.2, 0.25) is 0 Å². The first kappa shape index (κ1) is 37.6. The largest absolute Gasteiger partial charge is 0.453 e. The number of benzene rings is 3. The number of amides is 4. The van der Waals surface area contributed by atoms with E-state index in [0.717, 1.165) is 77.8 Å². The van der Waals surface area contributed by atoms with E-state index in [0.29, 0.717) is 11.5 Å². The van der Waals surface area contributed by atoms with Crippen LogP contribution >= 0.6 is 0 Å². The van der Waals surface area contributed by atoms with E-state index in [-0.39, 0.29) is 47.7 Å². The molecule has 4 aromatic rings. The van der Waals surface area contributed by atoms with E-state index in [1.54, 1.807) is 0 Å². The van der Waals surface area contributed by atoms with Crippen molar-refractivity contribution in [1.29, 1.82) is 0 Å². The number of rotatable bonds is 11. The Morgan fingerprint density at radius 2 is 1.38 bits per heavy atom. The second kappa shape index (κ2) is 16.2. The summed E-state index contributed by atoms with van der Waals surface area (Å²) in [6.45, 7) is 10.7. The van der Waals surface area contributed by atoms with Crippen LogP contribution in [0.4, 0.5) is 4.79 Å². The second-order valence-corrected chi connectivity index (χ2v) is 15.2. The van der Waals surface area contributed by atoms with Crippen LogP contribution in [-0.2, 0) is 14.3 Å². The van der Waals surface area contributed by atoms with Gasteiger partial charge in [0.05, 0.1) is 24.2 Å². The number of ether oxygens (including phenoxy) is 1. The quantitative estimate of drug-likeness (QED) is 0.131. The van der Waals surface area contributed by atoms with Gasteiger partial charge in [0, 0.05) is 30.1 Å². The number of aromatic nitrogens is 2. The lowest BCUT2D eigenvalue weighted by atomic mass is 9.96. The molecular formula is C42H52N6O5. The summed E-state index contributed by atoms with van der Waals surface area (Å²) in [5.74, 6) is 0.709. The third-order valence-electron chi connectivity index (χ3n) is 11.0. The van der Waals surface area contributed by atoms with Crippen LogP contribution in [0.25, 0.3) is 33.3 Å². The van der Waals surface area contributed by atoms with Crippen LogP contribution in [0, 0.1) is 17.8 Å². The summed E-state index contributed by atoms with van der Waals surface area (Å²) < 4.78 is 4.68. The molecular weight excluding hydrogens is 668 g/mol. The second-order valence-electron chi connectivity index (χ2n) is 15.2. The normalized spacial score (nSPS) is 19.7. The fourth-order valence-corrected chi connectivity index (χ4v) is 7.45. The topological polar surface area (TPSA) is 146 Å². The van der Waals surface area contributed by atoms with Gasteiger partial charge in [-0.1, -0.05) is 77.1 Å². The molecule has 1 aliphatic heterocycles. The fourth-order valence-electron chi connectivity index (χ4n) is 7.45. The average Bonchev–Trinajstić information content (AvgIpc) is 3.93. The first-order chi connectivity index (χ1) is 25.4. The molecule has 0 unspecified atom stereocenters. The minimum Gasteiger partial charge on any atom is -0.453 e. The Balaban J connectivity index is 1.08. The lowest BCUT2D eigenvalue weighted by Gasteiger charge is -2.27. The van der Waals surface area contributed by atoms with Gasteiger partial charge in [-0.15, -0.1) is 0 Å². The van der Waals surface area contributed by atoms with E-state index in [2.05, 4.69) is 75.9 Å². The van der Waals surface area contributed by atoms with Gasteiger partial charge in [-0.3, -0.25) is 14.4 Å². The molecule has 4 N–H and O–H groups in total. The van der Waals surface area contributed by atoms with Crippen molar-refractivity contribution in [3.63, 3.8) is 0 Å². The van der Waals surface area contributed by atoms with Crippen LogP contribution < -0.4 is 16.0 Å². The third kappa shape index (κ3) is 8.40. The van der Waals surface area contributed by atoms with Gasteiger partial charge in [0.25, 0.3) is 5.91 Å². The fraction of sp³-hybridized carbons (Fsp3) is 0.452. The summed E-state index contributed by atoms with van der Waals surface area (Å²) in [5, 5.41) is 8.75. The molecule has 1 aliphatic carbocycles. The Kier molecular flexibility index (Phi) is 11.5. The molecule has 6 rings (SSSR count). The number of carbonyl (C=O) groups is 4. The molecule has 2 fully saturated rings. The van der Waals surface area contributed by atoms with Gasteiger partial charge in [-0.05, 0) is 90.5 Å². The van der Waals surface area contributed by atoms with Crippen molar-refractivity contribution in [2.45, 2.75) is 90.9 Å². The molecule has 53 heavy (non-hydrogen) atoms. The Hall–Kier alpha value is -5.19. The maximum absolute atomic E-state index is 13.3. The van der Waals surface area contributed by atoms with Crippen molar-refractivity contribution in [2.24, 2.45) is 17.8 Å². The van der Waals surface area contributed by atoms with Gasteiger partial charge in [-0.2, -0.15) is 0 Å². The molecule has 1 aromatic heterocycles. The predicted molar refractivity (Wildman–Crippen MR) is 206 cm³/mol. The third-order valence-corrected chi connectivity index (χ3v) is 11.0. The molecule has 0 bridgehead atoms. The van der Waals surface area contributed by atoms with Crippen molar-refractivity contribution in [3.8, 4) is 22.3 Å². The molecule has 0 spiro atoms. The van der Waals surface area contributed by atoms with E-state index < -0.39 is 12.1 Å². The predicted octanol–water partition coefficient (Wildman–Crippen LogP) is 7.00. The zero-order valence-electron chi connectivity index (χ0n) is 31.6. The first-order valence-electron chi connectivity index (χ1n) is 18.9. The monoisotopic (exact) mass is 720 g/mol. The maximum Gasteiger partial charge on any atom is 0.407 e. The number of nitrogens with zero attached hydrogens (tertiary/aromatic N) is 2. The van der Waals surface area contributed by atoms with Crippen molar-refractivity contribution in [2.75, 3.05) is 13.7 Å². The van der Waals surface area contributed by atoms with Crippen molar-refractivity contribution >= 4 is 34.8 Å². The van der Waals surface area contributed by atoms with Crippen LogP contribution in [0.15, 0.2) is 66.7 Å². The van der Waals surface area contributed by atoms with E-state index in [4.69, 9.17) is 4.98 Å². The van der Waals surface area contributed by atoms with E-state index >= 15 is 0 Å². The van der Waals surface area contributed by atoms with Crippen LogP contribution in [0.5, 0.6) is 0 Å². The summed E-state index contributed by atoms with van der Waals surface area (Å²) in [4.78, 5) is 61.7. The lowest BCUT2D eigenvalue weighted by molar-refractivity contribution is -0.137. The molecule has 4 amide bonds. The minimum atomic E-state index is -0.736. The van der Waals surface area contributed by atoms with E-state index in [9.17, 15) is 19.2 Å². The minimum absolute atomic E-state index is 0.0205. The van der Waals surface area contributed by atoms with Crippen molar-refractivity contribution in [1.82, 2.24) is 30.8 Å². The Labute approximate surface area is 311 Å². The smallest absolute Gasteiger partial charge is 0.407 e. The summed E-state index contributed by atoms with van der Waals surface area (Å²) in [7, 11) is 1.26. The number of methoxy groups -OCH3 is 1. The first-order valence-corrected chi connectivity index (χ1v) is 18.9. The lowest BCUT2D eigenvalue weighted by Crippen LogP contribution is -2.55. The highest BCUT2D eigenvalue weighted by Gasteiger charge is 2.36. The molecule has 280 valence electrons. The van der Waals surface area contributed by atoms with Crippen LogP contribution in [0.1, 0.15) is 88.9 Å². The Morgan fingerprint density at radius 3 is 2.00 bits per heavy atom. The van der Waals surface area contributed by atoms with Gasteiger partial charge < -0.3 is 30.6 Å². The highest BCUT2D eigenvalue weighted by Crippen LogP contribution is 2.35. The van der Waals surface area contributed by atoms with Crippen molar-refractivity contribution < 1.29 is 23.9 Å². The molecule has 11 nitrogen and oxygen atoms in total. The number of hydrogen-bond donors (Lipinski definition) is 4. The molecule has 3 aromatic carbocycles. The number of H-pyrrole nitrogens is 1. The number of hydrogen-bond acceptors (Lipinski definition) is 6. The molecule has 5 atom stereocenters. The maximum atomic E-state index is 13.3. The summed E-state index contributed by atoms with van der Waals surface area (Å²) in [6.07, 6.45) is 3.60. The molecule has 1 saturated heterocycles. The highest BCUT2D eigenvalue weighted by atomic mass is 16.5. The molecule has 2 heterocycles. The SMILES string of the molecule is COC(=O)N[C@H](C(=O)N[C@@H]1CCC[C@H]1NC(=O)c1ccc(-c2ccc(-c3ccc4nc([C@@H]5CCCN5C(=O)[C@@H](C)C(C)C)[nH]c4c3)cc2)cc1)C(C)C. The molecule has 0 radical (unpaired) electrons. The molecule has 11 heteroatoms. The van der Waals surface area contributed by atoms with Gasteiger partial charge in [0.1, 0.15) is 11.9 Å². The Morgan fingerprint density at radius 1 is 0.774 bits per heavy atom. The zero-order chi connectivity index (χ0) is 37.8. The number of fused-ring (bicyclic) bond motifs is 1. The standard InChI is InChI=1S/C42H52N6O5/c1-24(2)26(5)41(51)48-22-8-11-36(48)38-43-34-21-20-31(23-35(34)44-38)29-14-12-27(13-15-29)28-16-18-30(19-17-28)39(49)45-32-9-7-10-33(32)46-40(50)37(25(3)4)47-42(52)53-6/h12-21,23-26,32-33,36-37H,7-11,22H2,1-6H3,(H,43,44)(H,45,49)(H,46,50)(H,47,52)/t26-,32+,33+,36-,37-/m0/s1. The number of likely N-dealkylation sites (tertiary alicyclic amines) is 1. The molecule has 2 aliphatic rings.